The maximum Gasteiger partial charge on any atom is 0.227 e. The van der Waals surface area contributed by atoms with Crippen LogP contribution in [0.15, 0.2) is 199 Å². The van der Waals surface area contributed by atoms with E-state index in [9.17, 15) is 0 Å². The van der Waals surface area contributed by atoms with Crippen LogP contribution in [-0.4, -0.2) is 19.9 Å². The van der Waals surface area contributed by atoms with Crippen LogP contribution < -0.4 is 0 Å². The quantitative estimate of drug-likeness (QED) is 0.160. The van der Waals surface area contributed by atoms with Crippen LogP contribution in [-0.2, 0) is 0 Å². The Morgan fingerprint density at radius 3 is 1.49 bits per heavy atom. The Kier molecular flexibility index (Phi) is 7.74. The topological polar surface area (TPSA) is 64.7 Å². The Morgan fingerprint density at radius 2 is 0.807 bits per heavy atom. The van der Waals surface area contributed by atoms with E-state index in [0.29, 0.717) is 23.4 Å². The van der Waals surface area contributed by atoms with Crippen molar-refractivity contribution < 1.29 is 4.42 Å². The average molecular weight is 729 g/mol. The van der Waals surface area contributed by atoms with E-state index in [4.69, 9.17) is 24.4 Å². The third-order valence-electron chi connectivity index (χ3n) is 10.8. The summed E-state index contributed by atoms with van der Waals surface area (Å²) in [7, 11) is 0. The normalized spacial score (nSPS) is 11.5. The zero-order chi connectivity index (χ0) is 37.7. The number of benzene rings is 9. The van der Waals surface area contributed by atoms with Crippen molar-refractivity contribution in [1.29, 1.82) is 0 Å². The number of nitrogens with zero attached hydrogens (tertiary/aromatic N) is 4. The Labute approximate surface area is 328 Å². The van der Waals surface area contributed by atoms with E-state index >= 15 is 0 Å². The van der Waals surface area contributed by atoms with Crippen molar-refractivity contribution in [3.05, 3.63) is 194 Å². The molecule has 9 aromatic carbocycles. The van der Waals surface area contributed by atoms with Crippen molar-refractivity contribution in [3.63, 3.8) is 0 Å². The summed E-state index contributed by atoms with van der Waals surface area (Å²) in [6.07, 6.45) is 0. The van der Waals surface area contributed by atoms with Crippen molar-refractivity contribution >= 4 is 43.4 Å². The highest BCUT2D eigenvalue weighted by molar-refractivity contribution is 6.23. The molecule has 266 valence electrons. The van der Waals surface area contributed by atoms with Gasteiger partial charge in [0.1, 0.15) is 5.52 Å². The van der Waals surface area contributed by atoms with E-state index in [2.05, 4.69) is 133 Å². The lowest BCUT2D eigenvalue weighted by molar-refractivity contribution is 0.623. The van der Waals surface area contributed by atoms with Crippen molar-refractivity contribution in [3.8, 4) is 67.9 Å². The minimum atomic E-state index is 0.621. The van der Waals surface area contributed by atoms with E-state index in [1.165, 1.54) is 16.3 Å². The maximum atomic E-state index is 6.43. The van der Waals surface area contributed by atoms with Crippen LogP contribution in [0, 0.1) is 0 Å². The number of aromatic nitrogens is 4. The summed E-state index contributed by atoms with van der Waals surface area (Å²) in [5, 5.41) is 6.82. The molecule has 0 spiro atoms. The van der Waals surface area contributed by atoms with Gasteiger partial charge in [0.05, 0.1) is 0 Å². The molecule has 2 aromatic heterocycles. The Hall–Kier alpha value is -7.76. The van der Waals surface area contributed by atoms with Gasteiger partial charge in [-0.25, -0.2) is 19.9 Å². The Morgan fingerprint density at radius 1 is 0.298 bits per heavy atom. The first-order valence-corrected chi connectivity index (χ1v) is 19.0. The molecule has 0 unspecified atom stereocenters. The van der Waals surface area contributed by atoms with Crippen LogP contribution in [0.25, 0.3) is 111 Å². The molecule has 0 aliphatic heterocycles. The smallest absolute Gasteiger partial charge is 0.227 e. The molecular weight excluding hydrogens is 697 g/mol. The molecule has 0 atom stereocenters. The lowest BCUT2D eigenvalue weighted by Gasteiger charge is -2.11. The second-order valence-corrected chi connectivity index (χ2v) is 14.2. The van der Waals surface area contributed by atoms with Crippen LogP contribution in [0.1, 0.15) is 0 Å². The second-order valence-electron chi connectivity index (χ2n) is 14.2. The third-order valence-corrected chi connectivity index (χ3v) is 10.8. The standard InChI is InChI=1S/C52H32N4O/c1-3-13-36(14-4-1)49-54-50(56-51(55-49)38-28-24-35(25-29-38)42-21-11-17-34-12-7-8-18-41(34)42)37-26-22-33(23-27-37)40-30-31-44-46(32-40)43-19-9-10-20-45(43)48-47(44)53-52(57-48)39-15-5-2-6-16-39/h1-32H. The number of oxazole rings is 1. The van der Waals surface area contributed by atoms with Gasteiger partial charge in [-0.1, -0.05) is 176 Å². The maximum absolute atomic E-state index is 6.43. The average Bonchev–Trinajstić information content (AvgIpc) is 3.76. The minimum absolute atomic E-state index is 0.621. The van der Waals surface area contributed by atoms with E-state index in [1.807, 2.05) is 60.7 Å². The number of hydrogen-bond acceptors (Lipinski definition) is 5. The van der Waals surface area contributed by atoms with Gasteiger partial charge in [0.15, 0.2) is 23.1 Å². The van der Waals surface area contributed by atoms with E-state index in [-0.39, 0.29) is 0 Å². The number of rotatable bonds is 6. The van der Waals surface area contributed by atoms with Gasteiger partial charge in [-0.3, -0.25) is 0 Å². The van der Waals surface area contributed by atoms with E-state index < -0.39 is 0 Å². The zero-order valence-electron chi connectivity index (χ0n) is 30.7. The highest BCUT2D eigenvalue weighted by Gasteiger charge is 2.18. The Balaban J connectivity index is 0.971. The molecule has 5 heteroatoms. The number of fused-ring (bicyclic) bond motifs is 7. The van der Waals surface area contributed by atoms with Crippen LogP contribution in [0.4, 0.5) is 0 Å². The van der Waals surface area contributed by atoms with Gasteiger partial charge in [0.25, 0.3) is 0 Å². The first-order chi connectivity index (χ1) is 28.2. The predicted molar refractivity (Wildman–Crippen MR) is 233 cm³/mol. The van der Waals surface area contributed by atoms with Gasteiger partial charge in [0.2, 0.25) is 5.89 Å². The molecule has 0 N–H and O–H groups in total. The monoisotopic (exact) mass is 728 g/mol. The fraction of sp³-hybridized carbons (Fsp3) is 0. The van der Waals surface area contributed by atoms with Crippen LogP contribution in [0.3, 0.4) is 0 Å². The molecular formula is C52H32N4O. The summed E-state index contributed by atoms with van der Waals surface area (Å²) in [6, 6.07) is 67.1. The molecule has 0 aliphatic carbocycles. The summed E-state index contributed by atoms with van der Waals surface area (Å²) in [5.74, 6) is 2.51. The van der Waals surface area contributed by atoms with Crippen LogP contribution >= 0.6 is 0 Å². The van der Waals surface area contributed by atoms with Crippen molar-refractivity contribution in [2.75, 3.05) is 0 Å². The van der Waals surface area contributed by atoms with Gasteiger partial charge >= 0.3 is 0 Å². The molecule has 11 rings (SSSR count). The number of hydrogen-bond donors (Lipinski definition) is 0. The molecule has 2 heterocycles. The molecule has 57 heavy (non-hydrogen) atoms. The summed E-state index contributed by atoms with van der Waals surface area (Å²) in [5.41, 5.74) is 9.96. The lowest BCUT2D eigenvalue weighted by atomic mass is 9.95. The molecule has 0 amide bonds. The SMILES string of the molecule is c1ccc(-c2nc(-c3ccc(-c4ccc5c(c4)c4ccccc4c4oc(-c6ccccc6)nc54)cc3)nc(-c3ccc(-c4cccc5ccccc45)cc3)n2)cc1. The van der Waals surface area contributed by atoms with Gasteiger partial charge in [-0.2, -0.15) is 0 Å². The highest BCUT2D eigenvalue weighted by atomic mass is 16.3. The molecule has 0 bridgehead atoms. The minimum Gasteiger partial charge on any atom is -0.435 e. The summed E-state index contributed by atoms with van der Waals surface area (Å²) in [4.78, 5) is 20.0. The molecule has 11 aromatic rings. The molecule has 0 saturated carbocycles. The highest BCUT2D eigenvalue weighted by Crippen LogP contribution is 2.39. The first-order valence-electron chi connectivity index (χ1n) is 19.0. The predicted octanol–water partition coefficient (Wildman–Crippen LogP) is 13.5. The van der Waals surface area contributed by atoms with Crippen LogP contribution in [0.2, 0.25) is 0 Å². The largest absolute Gasteiger partial charge is 0.435 e. The van der Waals surface area contributed by atoms with Crippen molar-refractivity contribution in [1.82, 2.24) is 19.9 Å². The van der Waals surface area contributed by atoms with E-state index in [1.54, 1.807) is 0 Å². The summed E-state index contributed by atoms with van der Waals surface area (Å²) < 4.78 is 6.43. The van der Waals surface area contributed by atoms with Crippen molar-refractivity contribution in [2.45, 2.75) is 0 Å². The van der Waals surface area contributed by atoms with Gasteiger partial charge < -0.3 is 4.42 Å². The molecule has 0 saturated heterocycles. The van der Waals surface area contributed by atoms with Gasteiger partial charge in [0, 0.05) is 33.0 Å². The first kappa shape index (κ1) is 32.7. The van der Waals surface area contributed by atoms with Crippen LogP contribution in [0.5, 0.6) is 0 Å². The summed E-state index contributed by atoms with van der Waals surface area (Å²) in [6.45, 7) is 0. The zero-order valence-corrected chi connectivity index (χ0v) is 30.7. The van der Waals surface area contributed by atoms with E-state index in [0.717, 1.165) is 71.6 Å². The molecule has 0 fully saturated rings. The fourth-order valence-electron chi connectivity index (χ4n) is 7.90. The fourth-order valence-corrected chi connectivity index (χ4v) is 7.90. The van der Waals surface area contributed by atoms with Gasteiger partial charge in [-0.15, -0.1) is 0 Å². The van der Waals surface area contributed by atoms with Gasteiger partial charge in [-0.05, 0) is 62.0 Å². The van der Waals surface area contributed by atoms with Crippen molar-refractivity contribution in [2.24, 2.45) is 0 Å². The third kappa shape index (κ3) is 5.81. The summed E-state index contributed by atoms with van der Waals surface area (Å²) >= 11 is 0. The molecule has 0 aliphatic rings. The Bertz CT molecular complexity index is 3260. The second kappa shape index (κ2) is 13.5. The lowest BCUT2D eigenvalue weighted by Crippen LogP contribution is -2.00. The molecule has 0 radical (unpaired) electrons. The molecule has 5 nitrogen and oxygen atoms in total.